The third-order valence-corrected chi connectivity index (χ3v) is 14.8. The summed E-state index contributed by atoms with van der Waals surface area (Å²) in [6.07, 6.45) is 11.3. The van der Waals surface area contributed by atoms with Crippen LogP contribution in [0.5, 0.6) is 0 Å². The first-order chi connectivity index (χ1) is 37.7. The van der Waals surface area contributed by atoms with Crippen LogP contribution < -0.4 is 21.3 Å². The molecule has 0 spiro atoms. The number of piperidine rings is 2. The second kappa shape index (κ2) is 24.3. The third-order valence-electron chi connectivity index (χ3n) is 14.8. The van der Waals surface area contributed by atoms with Crippen LogP contribution in [0.25, 0.3) is 56.1 Å². The quantitative estimate of drug-likeness (QED) is 0.0619. The van der Waals surface area contributed by atoms with Crippen molar-refractivity contribution in [2.45, 2.75) is 73.4 Å². The van der Waals surface area contributed by atoms with Crippen molar-refractivity contribution in [2.24, 2.45) is 10.8 Å². The molecule has 0 radical (unpaired) electrons. The van der Waals surface area contributed by atoms with Crippen molar-refractivity contribution in [1.29, 1.82) is 0 Å². The minimum atomic E-state index is -0.709. The van der Waals surface area contributed by atoms with E-state index in [1.807, 2.05) is 112 Å². The number of nitrogens with one attached hydrogen (secondary N) is 4. The minimum absolute atomic E-state index is 0.0867. The molecule has 0 saturated carbocycles. The zero-order valence-electron chi connectivity index (χ0n) is 45.2. The number of nitrogens with zero attached hydrogens (tertiary/aromatic N) is 6. The van der Waals surface area contributed by atoms with E-state index in [4.69, 9.17) is 4.74 Å². The molecule has 16 heteroatoms. The van der Waals surface area contributed by atoms with Gasteiger partial charge in [-0.25, -0.2) is 19.6 Å². The first-order valence-electron chi connectivity index (χ1n) is 27.0. The third kappa shape index (κ3) is 12.9. The normalized spacial score (nSPS) is 17.7. The number of benzene rings is 4. The Labute approximate surface area is 455 Å². The fourth-order valence-electron chi connectivity index (χ4n) is 10.7. The molecule has 2 aliphatic heterocycles. The number of esters is 1. The molecule has 10 rings (SSSR count). The largest absolute Gasteiger partial charge is 0.481 e. The van der Waals surface area contributed by atoms with Crippen LogP contribution in [0.4, 0.5) is 21.0 Å². The van der Waals surface area contributed by atoms with E-state index in [0.29, 0.717) is 26.2 Å². The van der Waals surface area contributed by atoms with Crippen molar-refractivity contribution in [2.75, 3.05) is 56.5 Å². The molecule has 2 unspecified atom stereocenters. The smallest absolute Gasteiger partial charge is 0.319 e. The molecular weight excluding hydrogens is 981 g/mol. The zero-order valence-corrected chi connectivity index (χ0v) is 45.2. The molecule has 2 atom stereocenters. The summed E-state index contributed by atoms with van der Waals surface area (Å²) in [5.74, 6) is -0.796. The average Bonchev–Trinajstić information content (AvgIpc) is 4.11. The van der Waals surface area contributed by atoms with Crippen LogP contribution in [-0.2, 0) is 27.4 Å². The lowest BCUT2D eigenvalue weighted by molar-refractivity contribution is -0.158. The summed E-state index contributed by atoms with van der Waals surface area (Å²) in [6, 6.07) is 40.4. The van der Waals surface area contributed by atoms with E-state index >= 15 is 0 Å². The molecule has 404 valence electrons. The van der Waals surface area contributed by atoms with Gasteiger partial charge < -0.3 is 31.1 Å². The number of pyridine rings is 2. The van der Waals surface area contributed by atoms with Crippen LogP contribution >= 0.6 is 0 Å². The van der Waals surface area contributed by atoms with Crippen LogP contribution in [-0.4, -0.2) is 104 Å². The Morgan fingerprint density at radius 3 is 1.45 bits per heavy atom. The zero-order chi connectivity index (χ0) is 54.8. The van der Waals surface area contributed by atoms with Gasteiger partial charge in [0, 0.05) is 74.2 Å². The van der Waals surface area contributed by atoms with Crippen molar-refractivity contribution in [3.05, 3.63) is 157 Å². The summed E-state index contributed by atoms with van der Waals surface area (Å²) in [7, 11) is 0. The summed E-state index contributed by atoms with van der Waals surface area (Å²) >= 11 is 0. The highest BCUT2D eigenvalue weighted by Gasteiger charge is 2.39. The van der Waals surface area contributed by atoms with Gasteiger partial charge in [-0.15, -0.1) is 0 Å². The van der Waals surface area contributed by atoms with E-state index < -0.39 is 16.8 Å². The maximum atomic E-state index is 12.5. The number of hydrogen-bond donors (Lipinski definition) is 5. The van der Waals surface area contributed by atoms with Gasteiger partial charge in [-0.3, -0.25) is 28.2 Å². The number of hydrogen-bond acceptors (Lipinski definition) is 9. The van der Waals surface area contributed by atoms with E-state index in [0.717, 1.165) is 126 Å². The Morgan fingerprint density at radius 2 is 1.01 bits per heavy atom. The Balaban J connectivity index is 0.000000190. The molecule has 2 aliphatic rings. The molecule has 6 heterocycles. The molecule has 0 aliphatic carbocycles. The highest BCUT2D eigenvalue weighted by atomic mass is 16.5. The molecule has 2 saturated heterocycles. The van der Waals surface area contributed by atoms with Gasteiger partial charge in [0.15, 0.2) is 0 Å². The second-order valence-corrected chi connectivity index (χ2v) is 20.9. The van der Waals surface area contributed by atoms with Gasteiger partial charge in [-0.05, 0) is 155 Å². The lowest BCUT2D eigenvalue weighted by Gasteiger charge is -2.38. The van der Waals surface area contributed by atoms with Crippen LogP contribution in [0.2, 0.25) is 0 Å². The minimum Gasteiger partial charge on any atom is -0.481 e. The topological polar surface area (TPSA) is 187 Å². The number of anilines is 2. The lowest BCUT2D eigenvalue weighted by atomic mass is 9.82. The number of imidazole rings is 2. The highest BCUT2D eigenvalue weighted by Crippen LogP contribution is 2.34. The van der Waals surface area contributed by atoms with Crippen molar-refractivity contribution < 1.29 is 29.0 Å². The number of carbonyl (C=O) groups excluding carboxylic acids is 3. The number of aliphatic carboxylic acids is 1. The maximum absolute atomic E-state index is 12.5. The van der Waals surface area contributed by atoms with Gasteiger partial charge in [-0.2, -0.15) is 0 Å². The van der Waals surface area contributed by atoms with Gasteiger partial charge in [0.1, 0.15) is 11.3 Å². The van der Waals surface area contributed by atoms with E-state index in [-0.39, 0.29) is 18.0 Å². The molecule has 0 bridgehead atoms. The van der Waals surface area contributed by atoms with Gasteiger partial charge in [-0.1, -0.05) is 72.8 Å². The number of ether oxygens (including phenoxy) is 1. The first-order valence-corrected chi connectivity index (χ1v) is 27.0. The molecule has 4 aromatic carbocycles. The number of likely N-dealkylation sites (tertiary alicyclic amines) is 2. The van der Waals surface area contributed by atoms with E-state index in [1.54, 1.807) is 0 Å². The molecule has 78 heavy (non-hydrogen) atoms. The predicted octanol–water partition coefficient (Wildman–Crippen LogP) is 11.5. The van der Waals surface area contributed by atoms with Crippen LogP contribution in [0.3, 0.4) is 0 Å². The molecule has 8 aromatic rings. The van der Waals surface area contributed by atoms with Crippen LogP contribution in [0, 0.1) is 10.8 Å². The monoisotopic (exact) mass is 1050 g/mol. The predicted molar refractivity (Wildman–Crippen MR) is 307 cm³/mol. The number of urea groups is 2. The van der Waals surface area contributed by atoms with Crippen molar-refractivity contribution >= 4 is 46.7 Å². The van der Waals surface area contributed by atoms with E-state index in [2.05, 4.69) is 118 Å². The second-order valence-electron chi connectivity index (χ2n) is 20.9. The van der Waals surface area contributed by atoms with Crippen molar-refractivity contribution in [1.82, 2.24) is 39.2 Å². The number of carboxylic acids is 1. The average molecular weight is 1050 g/mol. The Hall–Kier alpha value is -8.34. The summed E-state index contributed by atoms with van der Waals surface area (Å²) in [4.78, 5) is 61.9. The number of carboxylic acid groups (broad SMARTS) is 1. The Bertz CT molecular complexity index is 3410. The number of fused-ring (bicyclic) bond motifs is 2. The molecular formula is C62H70N10O6. The summed E-state index contributed by atoms with van der Waals surface area (Å²) < 4.78 is 9.44. The summed E-state index contributed by atoms with van der Waals surface area (Å²) in [5.41, 5.74) is 12.6. The number of carbonyl (C=O) groups is 4. The Kier molecular flexibility index (Phi) is 17.0. The van der Waals surface area contributed by atoms with Gasteiger partial charge in [0.05, 0.1) is 41.2 Å². The Morgan fingerprint density at radius 1 is 0.564 bits per heavy atom. The SMILES string of the molecule is CCNC(=O)Nc1cccc(-c2cnc3cc(-c4ccc(CN5CCCC(C)(C(=O)O)C5)cc4)ccn23)c1.CCNC(=O)Nc1cccc(-c2cnc3cc(-c4ccc(CN5CCCC(C)(C(=O)OCC)C5)cc4)ccn23)c1. The van der Waals surface area contributed by atoms with Crippen LogP contribution in [0.15, 0.2) is 146 Å². The van der Waals surface area contributed by atoms with Crippen molar-refractivity contribution in [3.8, 4) is 44.8 Å². The molecule has 16 nitrogen and oxygen atoms in total. The molecule has 5 N–H and O–H groups in total. The number of aromatic nitrogens is 4. The van der Waals surface area contributed by atoms with Gasteiger partial charge in [0.2, 0.25) is 0 Å². The van der Waals surface area contributed by atoms with Crippen LogP contribution in [0.1, 0.15) is 71.4 Å². The molecule has 4 amide bonds. The highest BCUT2D eigenvalue weighted by molar-refractivity contribution is 5.91. The number of amides is 4. The fraction of sp³-hybridized carbons (Fsp3) is 0.323. The van der Waals surface area contributed by atoms with E-state index in [9.17, 15) is 24.3 Å². The lowest BCUT2D eigenvalue weighted by Crippen LogP contribution is -2.46. The molecule has 2 fully saturated rings. The van der Waals surface area contributed by atoms with E-state index in [1.165, 1.54) is 11.1 Å². The van der Waals surface area contributed by atoms with Gasteiger partial charge in [0.25, 0.3) is 0 Å². The first kappa shape index (κ1) is 54.4. The van der Waals surface area contributed by atoms with Crippen molar-refractivity contribution in [3.63, 3.8) is 0 Å². The molecule has 4 aromatic heterocycles. The maximum Gasteiger partial charge on any atom is 0.319 e. The van der Waals surface area contributed by atoms with Gasteiger partial charge >= 0.3 is 24.0 Å². The number of rotatable bonds is 15. The summed E-state index contributed by atoms with van der Waals surface area (Å²) in [6.45, 7) is 15.8. The fourth-order valence-corrected chi connectivity index (χ4v) is 10.7. The standard InChI is InChI=1S/C32H37N5O3.C30H33N5O3/c1-4-33-31(39)35-27-9-6-8-26(18-27)28-20-34-29-19-25(14-17-37(28)29)24-12-10-23(11-13-24)21-36-16-7-15-32(3,22-36)30(38)40-5-2;1-3-31-29(38)33-25-7-4-6-24(16-25)26-18-32-27-17-23(12-15-35(26)27)22-10-8-21(9-11-22)19-34-14-5-13-30(2,20-34)28(36)37/h6,8-14,17-20H,4-5,7,15-16,21-22H2,1-3H3,(H2,33,35,39);4,6-12,15-18H,3,5,13-14,19-20H2,1-2H3,(H,36,37)(H2,31,33,38). The summed E-state index contributed by atoms with van der Waals surface area (Å²) in [5, 5.41) is 20.8.